The third-order valence-corrected chi connectivity index (χ3v) is 7.19. The van der Waals surface area contributed by atoms with Crippen molar-refractivity contribution in [2.24, 2.45) is 4.99 Å². The fourth-order valence-corrected chi connectivity index (χ4v) is 5.42. The maximum Gasteiger partial charge on any atom is 0.338 e. The van der Waals surface area contributed by atoms with Crippen LogP contribution in [0.4, 0.5) is 8.78 Å². The van der Waals surface area contributed by atoms with Gasteiger partial charge >= 0.3 is 5.97 Å². The third-order valence-electron chi connectivity index (χ3n) is 6.21. The number of rotatable bonds is 7. The summed E-state index contributed by atoms with van der Waals surface area (Å²) in [5.74, 6) is -0.837. The molecule has 1 aliphatic rings. The largest absolute Gasteiger partial charge is 0.489 e. The molecule has 5 rings (SSSR count). The molecule has 0 fully saturated rings. The number of esters is 1. The Hall–Kier alpha value is -4.37. The van der Waals surface area contributed by atoms with Gasteiger partial charge in [0.1, 0.15) is 24.0 Å². The molecule has 1 atom stereocenters. The first-order chi connectivity index (χ1) is 18.9. The number of allylic oxidation sites excluding steroid dienone is 1. The number of fused-ring (bicyclic) bond motifs is 1. The van der Waals surface area contributed by atoms with Crippen molar-refractivity contribution in [2.45, 2.75) is 26.5 Å². The van der Waals surface area contributed by atoms with Crippen LogP contribution in [-0.2, 0) is 16.1 Å². The smallest absolute Gasteiger partial charge is 0.338 e. The minimum atomic E-state index is -0.821. The van der Waals surface area contributed by atoms with Crippen LogP contribution in [0.25, 0.3) is 6.08 Å². The molecule has 2 heterocycles. The van der Waals surface area contributed by atoms with E-state index in [1.54, 1.807) is 68.5 Å². The van der Waals surface area contributed by atoms with E-state index < -0.39 is 17.8 Å². The standard InChI is InChI=1S/C30H24F2N2O4S/c1-3-37-29(36)26-18(2)33-30-34(27(26)20-11-13-22(31)14-12-20)28(35)25(39-30)16-19-7-6-9-23(15-19)38-17-21-8-4-5-10-24(21)32/h4-16,27H,3,17H2,1-2H3/b25-16-/t27-/m1/s1. The van der Waals surface area contributed by atoms with Crippen LogP contribution < -0.4 is 19.6 Å². The monoisotopic (exact) mass is 546 g/mol. The van der Waals surface area contributed by atoms with E-state index in [0.717, 1.165) is 0 Å². The first-order valence-corrected chi connectivity index (χ1v) is 13.1. The van der Waals surface area contributed by atoms with Gasteiger partial charge in [-0.15, -0.1) is 0 Å². The summed E-state index contributed by atoms with van der Waals surface area (Å²) in [6.07, 6.45) is 1.71. The molecule has 0 radical (unpaired) electrons. The zero-order valence-corrected chi connectivity index (χ0v) is 22.0. The molecule has 9 heteroatoms. The molecule has 0 N–H and O–H groups in total. The number of ether oxygens (including phenoxy) is 2. The fraction of sp³-hybridized carbons (Fsp3) is 0.167. The molecule has 39 heavy (non-hydrogen) atoms. The van der Waals surface area contributed by atoms with Crippen molar-refractivity contribution in [3.05, 3.63) is 132 Å². The van der Waals surface area contributed by atoms with E-state index >= 15 is 0 Å². The molecule has 4 aromatic rings. The number of hydrogen-bond donors (Lipinski definition) is 0. The van der Waals surface area contributed by atoms with Gasteiger partial charge in [0.15, 0.2) is 4.80 Å². The molecule has 1 aromatic heterocycles. The Balaban J connectivity index is 1.55. The minimum Gasteiger partial charge on any atom is -0.489 e. The molecule has 6 nitrogen and oxygen atoms in total. The van der Waals surface area contributed by atoms with Crippen LogP contribution in [0.3, 0.4) is 0 Å². The highest BCUT2D eigenvalue weighted by molar-refractivity contribution is 7.07. The van der Waals surface area contributed by atoms with Crippen molar-refractivity contribution in [1.29, 1.82) is 0 Å². The second-order valence-electron chi connectivity index (χ2n) is 8.81. The van der Waals surface area contributed by atoms with Crippen LogP contribution in [0.15, 0.2) is 93.9 Å². The molecule has 0 unspecified atom stereocenters. The number of benzene rings is 3. The lowest BCUT2D eigenvalue weighted by Gasteiger charge is -2.24. The molecule has 0 spiro atoms. The lowest BCUT2D eigenvalue weighted by molar-refractivity contribution is -0.139. The van der Waals surface area contributed by atoms with Crippen LogP contribution in [0.1, 0.15) is 36.6 Å². The predicted octanol–water partition coefficient (Wildman–Crippen LogP) is 4.66. The highest BCUT2D eigenvalue weighted by Crippen LogP contribution is 2.30. The quantitative estimate of drug-likeness (QED) is 0.317. The van der Waals surface area contributed by atoms with Gasteiger partial charge in [0.2, 0.25) is 0 Å². The number of hydrogen-bond acceptors (Lipinski definition) is 6. The highest BCUT2D eigenvalue weighted by atomic mass is 32.1. The molecule has 0 saturated carbocycles. The van der Waals surface area contributed by atoms with Gasteiger partial charge in [0.25, 0.3) is 5.56 Å². The lowest BCUT2D eigenvalue weighted by atomic mass is 9.96. The molecule has 0 amide bonds. The van der Waals surface area contributed by atoms with Gasteiger partial charge < -0.3 is 9.47 Å². The maximum atomic E-state index is 14.0. The van der Waals surface area contributed by atoms with Crippen LogP contribution >= 0.6 is 11.3 Å². The first-order valence-electron chi connectivity index (χ1n) is 12.3. The van der Waals surface area contributed by atoms with E-state index in [1.807, 2.05) is 6.07 Å². The van der Waals surface area contributed by atoms with E-state index in [0.29, 0.717) is 37.5 Å². The zero-order valence-electron chi connectivity index (χ0n) is 21.2. The van der Waals surface area contributed by atoms with Crippen LogP contribution in [-0.4, -0.2) is 17.1 Å². The molecule has 0 bridgehead atoms. The fourth-order valence-electron chi connectivity index (χ4n) is 4.37. The van der Waals surface area contributed by atoms with Crippen LogP contribution in [0, 0.1) is 11.6 Å². The first kappa shape index (κ1) is 26.2. The summed E-state index contributed by atoms with van der Waals surface area (Å²) in [6, 6.07) is 18.4. The average molecular weight is 547 g/mol. The molecule has 0 saturated heterocycles. The van der Waals surface area contributed by atoms with Gasteiger partial charge in [0, 0.05) is 5.56 Å². The zero-order chi connectivity index (χ0) is 27.5. The molecule has 1 aliphatic heterocycles. The number of carbonyl (C=O) groups is 1. The number of halogens is 2. The van der Waals surface area contributed by atoms with Gasteiger partial charge in [-0.25, -0.2) is 18.6 Å². The van der Waals surface area contributed by atoms with Gasteiger partial charge in [-0.2, -0.15) is 0 Å². The van der Waals surface area contributed by atoms with Gasteiger partial charge in [0.05, 0.1) is 28.5 Å². The maximum absolute atomic E-state index is 14.0. The van der Waals surface area contributed by atoms with E-state index in [9.17, 15) is 18.4 Å². The van der Waals surface area contributed by atoms with Crippen molar-refractivity contribution in [1.82, 2.24) is 4.57 Å². The third kappa shape index (κ3) is 5.44. The number of carbonyl (C=O) groups excluding carboxylic acids is 1. The summed E-state index contributed by atoms with van der Waals surface area (Å²) in [5.41, 5.74) is 2.01. The topological polar surface area (TPSA) is 69.9 Å². The Morgan fingerprint density at radius 2 is 1.85 bits per heavy atom. The van der Waals surface area contributed by atoms with E-state index in [4.69, 9.17) is 9.47 Å². The summed E-state index contributed by atoms with van der Waals surface area (Å²) < 4.78 is 40.6. The average Bonchev–Trinajstić information content (AvgIpc) is 3.22. The molecule has 0 aliphatic carbocycles. The van der Waals surface area contributed by atoms with Crippen LogP contribution in [0.2, 0.25) is 0 Å². The summed E-state index contributed by atoms with van der Waals surface area (Å²) in [4.78, 5) is 31.6. The highest BCUT2D eigenvalue weighted by Gasteiger charge is 2.33. The molecular weight excluding hydrogens is 522 g/mol. The summed E-state index contributed by atoms with van der Waals surface area (Å²) in [6.45, 7) is 3.61. The Kier molecular flexibility index (Phi) is 7.51. The van der Waals surface area contributed by atoms with E-state index in [-0.39, 0.29) is 30.2 Å². The van der Waals surface area contributed by atoms with Crippen molar-refractivity contribution in [3.63, 3.8) is 0 Å². The normalized spacial score (nSPS) is 15.1. The van der Waals surface area contributed by atoms with E-state index in [1.165, 1.54) is 34.1 Å². The van der Waals surface area contributed by atoms with Gasteiger partial charge in [-0.1, -0.05) is 53.8 Å². The second-order valence-corrected chi connectivity index (χ2v) is 9.82. The van der Waals surface area contributed by atoms with Crippen molar-refractivity contribution in [3.8, 4) is 5.75 Å². The van der Waals surface area contributed by atoms with Crippen molar-refractivity contribution in [2.75, 3.05) is 6.61 Å². The SMILES string of the molecule is CCOC(=O)C1=C(C)N=c2s/c(=C\c3cccc(OCc4ccccc4F)c3)c(=O)n2[C@@H]1c1ccc(F)cc1. The lowest BCUT2D eigenvalue weighted by Crippen LogP contribution is -2.39. The van der Waals surface area contributed by atoms with Crippen molar-refractivity contribution < 1.29 is 23.0 Å². The molecular formula is C30H24F2N2O4S. The molecule has 198 valence electrons. The minimum absolute atomic E-state index is 0.0614. The number of thiazole rings is 1. The second kappa shape index (κ2) is 11.2. The van der Waals surface area contributed by atoms with Crippen molar-refractivity contribution >= 4 is 23.4 Å². The summed E-state index contributed by atoms with van der Waals surface area (Å²) in [7, 11) is 0. The number of nitrogens with zero attached hydrogens (tertiary/aromatic N) is 2. The Morgan fingerprint density at radius 1 is 1.08 bits per heavy atom. The number of aromatic nitrogens is 1. The molecule has 3 aromatic carbocycles. The van der Waals surface area contributed by atoms with E-state index in [2.05, 4.69) is 4.99 Å². The summed E-state index contributed by atoms with van der Waals surface area (Å²) in [5, 5.41) is 0. The van der Waals surface area contributed by atoms with Gasteiger partial charge in [-0.3, -0.25) is 9.36 Å². The summed E-state index contributed by atoms with van der Waals surface area (Å²) >= 11 is 1.18. The predicted molar refractivity (Wildman–Crippen MR) is 144 cm³/mol. The van der Waals surface area contributed by atoms with Crippen LogP contribution in [0.5, 0.6) is 5.75 Å². The Labute approximate surface area is 226 Å². The Morgan fingerprint density at radius 3 is 2.59 bits per heavy atom. The Bertz CT molecular complexity index is 1760. The van der Waals surface area contributed by atoms with Gasteiger partial charge in [-0.05, 0) is 61.4 Å².